The van der Waals surface area contributed by atoms with E-state index in [1.54, 1.807) is 22.7 Å². The molecule has 2 aromatic heterocycles. The van der Waals surface area contributed by atoms with Crippen molar-refractivity contribution in [3.8, 4) is 0 Å². The summed E-state index contributed by atoms with van der Waals surface area (Å²) < 4.78 is 1.13. The molecule has 39 heavy (non-hydrogen) atoms. The van der Waals surface area contributed by atoms with E-state index in [4.69, 9.17) is 11.6 Å². The van der Waals surface area contributed by atoms with Crippen LogP contribution < -0.4 is 0 Å². The fourth-order valence-corrected chi connectivity index (χ4v) is 8.78. The van der Waals surface area contributed by atoms with Gasteiger partial charge in [-0.1, -0.05) is 66.2 Å². The van der Waals surface area contributed by atoms with E-state index in [1.165, 1.54) is 5.56 Å². The van der Waals surface area contributed by atoms with Crippen LogP contribution in [0.4, 0.5) is 0 Å². The predicted molar refractivity (Wildman–Crippen MR) is 167 cm³/mol. The quantitative estimate of drug-likeness (QED) is 0.170. The highest BCUT2D eigenvalue weighted by molar-refractivity contribution is 7.99. The molecule has 0 saturated heterocycles. The Morgan fingerprint density at radius 2 is 2.00 bits per heavy atom. The van der Waals surface area contributed by atoms with Gasteiger partial charge in [0.2, 0.25) is 0 Å². The smallest absolute Gasteiger partial charge is 0.303 e. The van der Waals surface area contributed by atoms with E-state index in [1.807, 2.05) is 55.3 Å². The second-order valence-corrected chi connectivity index (χ2v) is 14.7. The topological polar surface area (TPSA) is 70.4 Å². The molecule has 4 aromatic rings. The largest absolute Gasteiger partial charge is 0.481 e. The summed E-state index contributed by atoms with van der Waals surface area (Å²) in [5.74, 6) is 0.132. The van der Waals surface area contributed by atoms with Crippen LogP contribution in [-0.2, 0) is 16.8 Å². The molecule has 0 aliphatic heterocycles. The molecule has 0 bridgehead atoms. The number of carboxylic acid groups (broad SMARTS) is 1. The minimum absolute atomic E-state index is 0.0732. The number of thiazole rings is 1. The predicted octanol–water partition coefficient (Wildman–Crippen LogP) is 9.07. The number of rotatable bonds is 12. The normalized spacial score (nSPS) is 15.7. The molecule has 1 aliphatic rings. The Labute approximate surface area is 246 Å². The van der Waals surface area contributed by atoms with Gasteiger partial charge in [-0.3, -0.25) is 4.79 Å². The zero-order valence-corrected chi connectivity index (χ0v) is 25.2. The first-order valence-electron chi connectivity index (χ1n) is 13.1. The Morgan fingerprint density at radius 1 is 1.21 bits per heavy atom. The molecular weight excluding hydrogens is 566 g/mol. The van der Waals surface area contributed by atoms with Crippen LogP contribution in [0.15, 0.2) is 53.9 Å². The lowest BCUT2D eigenvalue weighted by Gasteiger charge is -2.24. The van der Waals surface area contributed by atoms with E-state index in [2.05, 4.69) is 41.4 Å². The third-order valence-corrected chi connectivity index (χ3v) is 11.5. The molecule has 0 radical (unpaired) electrons. The van der Waals surface area contributed by atoms with Gasteiger partial charge in [0, 0.05) is 16.4 Å². The van der Waals surface area contributed by atoms with Gasteiger partial charge in [0.25, 0.3) is 0 Å². The number of thiophene rings is 1. The SMILES string of the molecule is CC(C)(O)c1ccccc1CCC(SCC1(CC(=O)O)CC1)c1cccc(C=Cc2nc3c(Cl)csc3s2)c1. The maximum Gasteiger partial charge on any atom is 0.303 e. The van der Waals surface area contributed by atoms with Crippen molar-refractivity contribution in [3.63, 3.8) is 0 Å². The Kier molecular flexibility index (Phi) is 8.55. The van der Waals surface area contributed by atoms with E-state index in [0.29, 0.717) is 5.02 Å². The van der Waals surface area contributed by atoms with Gasteiger partial charge in [-0.05, 0) is 73.3 Å². The molecule has 0 spiro atoms. The van der Waals surface area contributed by atoms with Crippen molar-refractivity contribution < 1.29 is 15.0 Å². The minimum Gasteiger partial charge on any atom is -0.481 e. The Hall–Kier alpha value is -2.16. The molecule has 0 amide bonds. The zero-order chi connectivity index (χ0) is 27.6. The lowest BCUT2D eigenvalue weighted by molar-refractivity contribution is -0.138. The van der Waals surface area contributed by atoms with Crippen molar-refractivity contribution in [1.29, 1.82) is 0 Å². The molecule has 5 rings (SSSR count). The number of carbonyl (C=O) groups is 1. The molecule has 1 aliphatic carbocycles. The number of fused-ring (bicyclic) bond motifs is 1. The number of aliphatic hydroxyl groups is 1. The standard InChI is InChI=1S/C31H32ClNO3S3/c1-30(2,36)23-9-4-3-7-21(23)11-12-25(38-19-31(14-15-31)17-27(34)35)22-8-5-6-20(16-22)10-13-26-33-28-24(32)18-37-29(28)39-26/h3-10,13,16,18,25,36H,11-12,14-15,17,19H2,1-2H3,(H,34,35). The van der Waals surface area contributed by atoms with Crippen LogP contribution in [0.1, 0.15) is 72.0 Å². The lowest BCUT2D eigenvalue weighted by Crippen LogP contribution is -2.18. The lowest BCUT2D eigenvalue weighted by atomic mass is 9.90. The number of nitrogens with zero attached hydrogens (tertiary/aromatic N) is 1. The van der Waals surface area contributed by atoms with Gasteiger partial charge in [0.05, 0.1) is 17.0 Å². The summed E-state index contributed by atoms with van der Waals surface area (Å²) in [4.78, 5) is 16.1. The second kappa shape index (κ2) is 11.8. The molecule has 1 fully saturated rings. The first-order chi connectivity index (χ1) is 18.6. The van der Waals surface area contributed by atoms with Gasteiger partial charge in [0.15, 0.2) is 0 Å². The summed E-state index contributed by atoms with van der Waals surface area (Å²) in [6.45, 7) is 3.66. The molecule has 1 unspecified atom stereocenters. The van der Waals surface area contributed by atoms with Gasteiger partial charge in [-0.2, -0.15) is 11.8 Å². The summed E-state index contributed by atoms with van der Waals surface area (Å²) in [5.41, 5.74) is 4.34. The third kappa shape index (κ3) is 7.14. The van der Waals surface area contributed by atoms with Gasteiger partial charge in [-0.25, -0.2) is 4.98 Å². The summed E-state index contributed by atoms with van der Waals surface area (Å²) in [6, 6.07) is 16.7. The van der Waals surface area contributed by atoms with E-state index < -0.39 is 11.6 Å². The van der Waals surface area contributed by atoms with Crippen molar-refractivity contribution in [2.75, 3.05) is 5.75 Å². The molecule has 4 nitrogen and oxygen atoms in total. The minimum atomic E-state index is -0.905. The highest BCUT2D eigenvalue weighted by Crippen LogP contribution is 2.53. The number of hydrogen-bond donors (Lipinski definition) is 2. The van der Waals surface area contributed by atoms with Crippen molar-refractivity contribution in [3.05, 3.63) is 86.2 Å². The summed E-state index contributed by atoms with van der Waals surface area (Å²) >= 11 is 11.4. The van der Waals surface area contributed by atoms with Gasteiger partial charge >= 0.3 is 5.97 Å². The summed E-state index contributed by atoms with van der Waals surface area (Å²) in [6.07, 6.45) is 8.08. The third-order valence-electron chi connectivity index (χ3n) is 7.24. The highest BCUT2D eigenvalue weighted by Gasteiger charge is 2.44. The first-order valence-corrected chi connectivity index (χ1v) is 16.2. The Balaban J connectivity index is 1.36. The van der Waals surface area contributed by atoms with Crippen LogP contribution >= 0.6 is 46.0 Å². The number of benzene rings is 2. The van der Waals surface area contributed by atoms with Crippen LogP contribution in [0.25, 0.3) is 21.7 Å². The maximum atomic E-state index is 11.5. The van der Waals surface area contributed by atoms with Crippen molar-refractivity contribution in [1.82, 2.24) is 4.98 Å². The number of aromatic nitrogens is 1. The van der Waals surface area contributed by atoms with Crippen LogP contribution in [0.3, 0.4) is 0 Å². The van der Waals surface area contributed by atoms with Crippen LogP contribution in [0.2, 0.25) is 5.02 Å². The monoisotopic (exact) mass is 597 g/mol. The number of thioether (sulfide) groups is 1. The molecule has 2 N–H and O–H groups in total. The average molecular weight is 598 g/mol. The molecule has 1 saturated carbocycles. The molecular formula is C31H32ClNO3S3. The summed E-state index contributed by atoms with van der Waals surface area (Å²) in [5, 5.41) is 23.9. The Morgan fingerprint density at radius 3 is 2.72 bits per heavy atom. The molecule has 2 heterocycles. The molecule has 1 atom stereocenters. The average Bonchev–Trinajstić information content (AvgIpc) is 3.38. The molecule has 8 heteroatoms. The summed E-state index contributed by atoms with van der Waals surface area (Å²) in [7, 11) is 0. The van der Waals surface area contributed by atoms with Crippen LogP contribution in [-0.4, -0.2) is 26.9 Å². The number of aliphatic carboxylic acids is 1. The van der Waals surface area contributed by atoms with Crippen LogP contribution in [0.5, 0.6) is 0 Å². The van der Waals surface area contributed by atoms with Gasteiger partial charge in [-0.15, -0.1) is 22.7 Å². The number of hydrogen-bond acceptors (Lipinski definition) is 6. The first kappa shape index (κ1) is 28.4. The second-order valence-electron chi connectivity index (χ2n) is 10.9. The highest BCUT2D eigenvalue weighted by atomic mass is 35.5. The van der Waals surface area contributed by atoms with Gasteiger partial charge < -0.3 is 10.2 Å². The maximum absolute atomic E-state index is 11.5. The molecule has 2 aromatic carbocycles. The van der Waals surface area contributed by atoms with E-state index in [9.17, 15) is 15.0 Å². The number of carboxylic acids is 1. The van der Waals surface area contributed by atoms with Crippen molar-refractivity contribution in [2.45, 2.75) is 56.8 Å². The van der Waals surface area contributed by atoms with E-state index >= 15 is 0 Å². The van der Waals surface area contributed by atoms with E-state index in [0.717, 1.165) is 62.7 Å². The Bertz CT molecular complexity index is 1500. The fraction of sp³-hybridized carbons (Fsp3) is 0.355. The van der Waals surface area contributed by atoms with E-state index in [-0.39, 0.29) is 17.1 Å². The number of aryl methyl sites for hydroxylation is 1. The van der Waals surface area contributed by atoms with Gasteiger partial charge in [0.1, 0.15) is 14.5 Å². The fourth-order valence-electron chi connectivity index (χ4n) is 4.93. The van der Waals surface area contributed by atoms with Crippen molar-refractivity contribution in [2.24, 2.45) is 5.41 Å². The molecule has 204 valence electrons. The number of halogens is 1. The van der Waals surface area contributed by atoms with Crippen molar-refractivity contribution >= 4 is 73.7 Å². The zero-order valence-electron chi connectivity index (χ0n) is 22.0. The van der Waals surface area contributed by atoms with Crippen LogP contribution in [0, 0.1) is 5.41 Å².